The topological polar surface area (TPSA) is 115 Å². The molecule has 0 unspecified atom stereocenters. The number of carbonyl (C=O) groups is 2. The van der Waals surface area contributed by atoms with Crippen LogP contribution in [0.2, 0.25) is 0 Å². The Morgan fingerprint density at radius 2 is 1.78 bits per heavy atom. The number of nitro groups is 1. The van der Waals surface area contributed by atoms with E-state index < -0.39 is 22.8 Å². The van der Waals surface area contributed by atoms with Crippen LogP contribution in [-0.2, 0) is 4.79 Å². The van der Waals surface area contributed by atoms with Gasteiger partial charge in [0.05, 0.1) is 4.92 Å². The molecule has 1 atom stereocenters. The van der Waals surface area contributed by atoms with E-state index in [9.17, 15) is 19.7 Å². The van der Waals surface area contributed by atoms with Gasteiger partial charge in [0.1, 0.15) is 11.6 Å². The largest absolute Gasteiger partial charge is 0.368 e. The summed E-state index contributed by atoms with van der Waals surface area (Å²) in [4.78, 5) is 34.6. The van der Waals surface area contributed by atoms with Crippen molar-refractivity contribution in [2.24, 2.45) is 5.73 Å². The molecule has 7 nitrogen and oxygen atoms in total. The summed E-state index contributed by atoms with van der Waals surface area (Å²) < 4.78 is 0. The van der Waals surface area contributed by atoms with Crippen molar-refractivity contribution in [1.29, 1.82) is 0 Å². The second-order valence-corrected chi connectivity index (χ2v) is 4.95. The minimum atomic E-state index is -1.07. The molecule has 2 amide bonds. The second-order valence-electron chi connectivity index (χ2n) is 4.95. The average Bonchev–Trinajstić information content (AvgIpc) is 2.52. The van der Waals surface area contributed by atoms with Gasteiger partial charge in [-0.2, -0.15) is 0 Å². The first-order valence-electron chi connectivity index (χ1n) is 6.81. The Bertz CT molecular complexity index is 759. The Labute approximate surface area is 132 Å². The molecule has 2 aromatic rings. The first-order valence-corrected chi connectivity index (χ1v) is 6.81. The van der Waals surface area contributed by atoms with Crippen LogP contribution in [0.3, 0.4) is 0 Å². The first-order chi connectivity index (χ1) is 10.9. The fourth-order valence-electron chi connectivity index (χ4n) is 2.26. The molecule has 2 rings (SSSR count). The summed E-state index contributed by atoms with van der Waals surface area (Å²) in [5.74, 6) is -1.48. The molecule has 0 fully saturated rings. The van der Waals surface area contributed by atoms with E-state index in [1.54, 1.807) is 36.4 Å². The molecule has 0 aromatic heterocycles. The number of para-hydroxylation sites is 1. The van der Waals surface area contributed by atoms with Crippen LogP contribution in [0.5, 0.6) is 0 Å². The third-order valence-corrected chi connectivity index (χ3v) is 3.36. The Morgan fingerprint density at radius 1 is 1.13 bits per heavy atom. The summed E-state index contributed by atoms with van der Waals surface area (Å²) >= 11 is 0. The van der Waals surface area contributed by atoms with Crippen LogP contribution >= 0.6 is 0 Å². The molecule has 0 bridgehead atoms. The van der Waals surface area contributed by atoms with Gasteiger partial charge in [-0.15, -0.1) is 0 Å². The molecule has 3 N–H and O–H groups in total. The zero-order chi connectivity index (χ0) is 17.0. The molecule has 2 aromatic carbocycles. The van der Waals surface area contributed by atoms with Crippen LogP contribution in [-0.4, -0.2) is 16.7 Å². The zero-order valence-electron chi connectivity index (χ0n) is 12.4. The normalized spacial score (nSPS) is 11.5. The molecule has 0 aliphatic heterocycles. The fourth-order valence-corrected chi connectivity index (χ4v) is 2.26. The average molecular weight is 313 g/mol. The van der Waals surface area contributed by atoms with Gasteiger partial charge in [-0.1, -0.05) is 42.5 Å². The Hall–Kier alpha value is -3.22. The van der Waals surface area contributed by atoms with Crippen LogP contribution in [0.15, 0.2) is 48.5 Å². The summed E-state index contributed by atoms with van der Waals surface area (Å²) in [6.07, 6.45) is 0. The Kier molecular flexibility index (Phi) is 4.70. The van der Waals surface area contributed by atoms with Gasteiger partial charge in [0.2, 0.25) is 5.91 Å². The van der Waals surface area contributed by atoms with Crippen molar-refractivity contribution < 1.29 is 14.5 Å². The number of nitro benzene ring substituents is 1. The number of hydrogen-bond donors (Lipinski definition) is 2. The maximum atomic E-state index is 12.4. The van der Waals surface area contributed by atoms with E-state index in [2.05, 4.69) is 5.32 Å². The molecular weight excluding hydrogens is 298 g/mol. The summed E-state index contributed by atoms with van der Waals surface area (Å²) in [6, 6.07) is 11.8. The number of benzene rings is 2. The molecule has 0 aliphatic carbocycles. The number of amides is 2. The van der Waals surface area contributed by atoms with E-state index in [4.69, 9.17) is 5.73 Å². The Morgan fingerprint density at radius 3 is 2.35 bits per heavy atom. The lowest BCUT2D eigenvalue weighted by molar-refractivity contribution is -0.385. The van der Waals surface area contributed by atoms with Crippen molar-refractivity contribution in [3.8, 4) is 0 Å². The lowest BCUT2D eigenvalue weighted by Crippen LogP contribution is -2.37. The molecule has 0 spiro atoms. The highest BCUT2D eigenvalue weighted by molar-refractivity contribution is 6.01. The van der Waals surface area contributed by atoms with E-state index >= 15 is 0 Å². The van der Waals surface area contributed by atoms with Crippen molar-refractivity contribution in [3.63, 3.8) is 0 Å². The molecule has 118 valence electrons. The van der Waals surface area contributed by atoms with E-state index in [0.29, 0.717) is 11.1 Å². The van der Waals surface area contributed by atoms with Gasteiger partial charge < -0.3 is 11.1 Å². The fraction of sp³-hybridized carbons (Fsp3) is 0.125. The summed E-state index contributed by atoms with van der Waals surface area (Å²) in [7, 11) is 0. The predicted molar refractivity (Wildman–Crippen MR) is 83.7 cm³/mol. The predicted octanol–water partition coefficient (Wildman–Crippen LogP) is 1.86. The van der Waals surface area contributed by atoms with Crippen LogP contribution in [0.1, 0.15) is 27.5 Å². The Balaban J connectivity index is 2.36. The van der Waals surface area contributed by atoms with E-state index in [0.717, 1.165) is 0 Å². The minimum Gasteiger partial charge on any atom is -0.368 e. The van der Waals surface area contributed by atoms with Crippen LogP contribution < -0.4 is 11.1 Å². The van der Waals surface area contributed by atoms with Crippen molar-refractivity contribution in [2.45, 2.75) is 13.0 Å². The van der Waals surface area contributed by atoms with Gasteiger partial charge in [0.25, 0.3) is 11.6 Å². The zero-order valence-corrected chi connectivity index (χ0v) is 12.4. The van der Waals surface area contributed by atoms with Gasteiger partial charge in [-0.05, 0) is 18.6 Å². The third kappa shape index (κ3) is 3.52. The summed E-state index contributed by atoms with van der Waals surface area (Å²) in [5, 5.41) is 13.6. The maximum absolute atomic E-state index is 12.4. The monoisotopic (exact) mass is 313 g/mol. The van der Waals surface area contributed by atoms with Crippen molar-refractivity contribution in [3.05, 3.63) is 75.3 Å². The number of nitrogens with one attached hydrogen (secondary N) is 1. The molecule has 23 heavy (non-hydrogen) atoms. The smallest absolute Gasteiger partial charge is 0.285 e. The number of rotatable bonds is 5. The number of nitrogens with zero attached hydrogens (tertiary/aromatic N) is 1. The van der Waals surface area contributed by atoms with E-state index in [1.807, 2.05) is 0 Å². The molecule has 0 saturated carbocycles. The molecular formula is C16H15N3O4. The van der Waals surface area contributed by atoms with E-state index in [1.165, 1.54) is 19.1 Å². The molecule has 0 heterocycles. The quantitative estimate of drug-likeness (QED) is 0.647. The molecule has 0 saturated heterocycles. The molecule has 0 aliphatic rings. The van der Waals surface area contributed by atoms with Crippen LogP contribution in [0.25, 0.3) is 0 Å². The number of aryl methyl sites for hydroxylation is 1. The van der Waals surface area contributed by atoms with Gasteiger partial charge in [-0.3, -0.25) is 19.7 Å². The number of nitrogens with two attached hydrogens (primary N) is 1. The molecule has 0 radical (unpaired) electrons. The van der Waals surface area contributed by atoms with Crippen molar-refractivity contribution in [2.75, 3.05) is 0 Å². The minimum absolute atomic E-state index is 0.114. The van der Waals surface area contributed by atoms with Crippen LogP contribution in [0, 0.1) is 17.0 Å². The summed E-state index contributed by atoms with van der Waals surface area (Å²) in [6.45, 7) is 1.54. The van der Waals surface area contributed by atoms with Gasteiger partial charge >= 0.3 is 0 Å². The number of carbonyl (C=O) groups excluding carboxylic acids is 2. The van der Waals surface area contributed by atoms with Gasteiger partial charge in [0.15, 0.2) is 0 Å². The SMILES string of the molecule is Cc1cccc(C(=O)N[C@@H](C(N)=O)c2ccccc2)c1[N+](=O)[O-]. The van der Waals surface area contributed by atoms with Crippen molar-refractivity contribution >= 4 is 17.5 Å². The van der Waals surface area contributed by atoms with Crippen LogP contribution in [0.4, 0.5) is 5.69 Å². The lowest BCUT2D eigenvalue weighted by atomic mass is 10.0. The standard InChI is InChI=1S/C16H15N3O4/c1-10-6-5-9-12(14(10)19(22)23)16(21)18-13(15(17)20)11-7-3-2-4-8-11/h2-9,13H,1H3,(H2,17,20)(H,18,21)/t13-/m1/s1. The highest BCUT2D eigenvalue weighted by Crippen LogP contribution is 2.24. The molecule has 7 heteroatoms. The van der Waals surface area contributed by atoms with Crippen molar-refractivity contribution in [1.82, 2.24) is 5.32 Å². The highest BCUT2D eigenvalue weighted by atomic mass is 16.6. The maximum Gasteiger partial charge on any atom is 0.285 e. The number of primary amides is 1. The number of hydrogen-bond acceptors (Lipinski definition) is 4. The summed E-state index contributed by atoms with van der Waals surface area (Å²) in [5.41, 5.74) is 5.79. The van der Waals surface area contributed by atoms with Gasteiger partial charge in [0, 0.05) is 5.56 Å². The second kappa shape index (κ2) is 6.69. The first kappa shape index (κ1) is 16.2. The third-order valence-electron chi connectivity index (χ3n) is 3.36. The lowest BCUT2D eigenvalue weighted by Gasteiger charge is -2.16. The van der Waals surface area contributed by atoms with Gasteiger partial charge in [-0.25, -0.2) is 0 Å². The highest BCUT2D eigenvalue weighted by Gasteiger charge is 2.26. The van der Waals surface area contributed by atoms with E-state index in [-0.39, 0.29) is 11.3 Å².